The van der Waals surface area contributed by atoms with E-state index in [1.807, 2.05) is 0 Å². The number of rotatable bonds is 5. The Morgan fingerprint density at radius 3 is 2.48 bits per heavy atom. The fraction of sp³-hybridized carbons (Fsp3) is 0.200. The maximum absolute atomic E-state index is 9.79. The standard InChI is InChI=1S/C15H17ClN2O3/c1-9-6-14(13(8-15(9)21)17-4-5-19)18-12-3-2-10(20)7-11(12)16/h2-3,6-8,17-21H,4-5H2,1H3. The van der Waals surface area contributed by atoms with Crippen LogP contribution in [-0.4, -0.2) is 28.5 Å². The molecule has 0 aliphatic heterocycles. The average Bonchev–Trinajstić information content (AvgIpc) is 2.44. The Labute approximate surface area is 127 Å². The predicted molar refractivity (Wildman–Crippen MR) is 84.8 cm³/mol. The third kappa shape index (κ3) is 3.71. The van der Waals surface area contributed by atoms with E-state index in [4.69, 9.17) is 16.7 Å². The number of hydrogen-bond donors (Lipinski definition) is 5. The Bertz CT molecular complexity index is 647. The minimum absolute atomic E-state index is 0.0198. The van der Waals surface area contributed by atoms with Gasteiger partial charge in [-0.2, -0.15) is 0 Å². The van der Waals surface area contributed by atoms with Crippen LogP contribution in [0.15, 0.2) is 30.3 Å². The molecule has 0 unspecified atom stereocenters. The van der Waals surface area contributed by atoms with Crippen LogP contribution in [0.25, 0.3) is 0 Å². The number of benzene rings is 2. The second-order valence-electron chi connectivity index (χ2n) is 4.62. The quantitative estimate of drug-likeness (QED) is 0.548. The van der Waals surface area contributed by atoms with Gasteiger partial charge in [0, 0.05) is 18.7 Å². The highest BCUT2D eigenvalue weighted by molar-refractivity contribution is 6.33. The van der Waals surface area contributed by atoms with Crippen molar-refractivity contribution in [3.05, 3.63) is 40.9 Å². The molecule has 0 aliphatic carbocycles. The van der Waals surface area contributed by atoms with Crippen LogP contribution < -0.4 is 10.6 Å². The molecule has 0 radical (unpaired) electrons. The number of anilines is 3. The van der Waals surface area contributed by atoms with Crippen molar-refractivity contribution in [2.45, 2.75) is 6.92 Å². The summed E-state index contributed by atoms with van der Waals surface area (Å²) >= 11 is 6.07. The van der Waals surface area contributed by atoms with E-state index in [2.05, 4.69) is 10.6 Å². The molecule has 5 nitrogen and oxygen atoms in total. The molecule has 21 heavy (non-hydrogen) atoms. The van der Waals surface area contributed by atoms with Crippen LogP contribution in [0.5, 0.6) is 11.5 Å². The van der Waals surface area contributed by atoms with Crippen LogP contribution in [0.1, 0.15) is 5.56 Å². The molecule has 112 valence electrons. The van der Waals surface area contributed by atoms with E-state index in [1.165, 1.54) is 12.1 Å². The van der Waals surface area contributed by atoms with Gasteiger partial charge >= 0.3 is 0 Å². The van der Waals surface area contributed by atoms with Crippen molar-refractivity contribution < 1.29 is 15.3 Å². The summed E-state index contributed by atoms with van der Waals surface area (Å²) in [6, 6.07) is 8.00. The Morgan fingerprint density at radius 1 is 1.05 bits per heavy atom. The zero-order valence-electron chi connectivity index (χ0n) is 11.5. The number of aromatic hydroxyl groups is 2. The third-order valence-electron chi connectivity index (χ3n) is 2.99. The lowest BCUT2D eigenvalue weighted by molar-refractivity contribution is 0.311. The monoisotopic (exact) mass is 308 g/mol. The van der Waals surface area contributed by atoms with Crippen molar-refractivity contribution in [1.82, 2.24) is 0 Å². The fourth-order valence-corrected chi connectivity index (χ4v) is 2.11. The minimum Gasteiger partial charge on any atom is -0.508 e. The van der Waals surface area contributed by atoms with Gasteiger partial charge in [-0.25, -0.2) is 0 Å². The van der Waals surface area contributed by atoms with Gasteiger partial charge in [0.2, 0.25) is 0 Å². The van der Waals surface area contributed by atoms with Gasteiger partial charge in [0.05, 0.1) is 28.7 Å². The average molecular weight is 309 g/mol. The second kappa shape index (κ2) is 6.56. The number of aliphatic hydroxyl groups excluding tert-OH is 1. The summed E-state index contributed by atoms with van der Waals surface area (Å²) < 4.78 is 0. The minimum atomic E-state index is -0.0198. The number of aliphatic hydroxyl groups is 1. The SMILES string of the molecule is Cc1cc(Nc2ccc(O)cc2Cl)c(NCCO)cc1O. The molecule has 0 amide bonds. The maximum atomic E-state index is 9.79. The van der Waals surface area contributed by atoms with Crippen LogP contribution in [-0.2, 0) is 0 Å². The molecule has 0 aromatic heterocycles. The van der Waals surface area contributed by atoms with Gasteiger partial charge in [-0.1, -0.05) is 11.6 Å². The van der Waals surface area contributed by atoms with Crippen molar-refractivity contribution in [3.63, 3.8) is 0 Å². The summed E-state index contributed by atoms with van der Waals surface area (Å²) in [5.74, 6) is 0.254. The first kappa shape index (κ1) is 15.3. The van der Waals surface area contributed by atoms with Crippen LogP contribution in [0.3, 0.4) is 0 Å². The Kier molecular flexibility index (Phi) is 4.77. The zero-order valence-corrected chi connectivity index (χ0v) is 12.3. The van der Waals surface area contributed by atoms with E-state index in [1.54, 1.807) is 25.1 Å². The van der Waals surface area contributed by atoms with Crippen molar-refractivity contribution in [1.29, 1.82) is 0 Å². The maximum Gasteiger partial charge on any atom is 0.120 e. The van der Waals surface area contributed by atoms with Crippen LogP contribution in [0.4, 0.5) is 17.1 Å². The summed E-state index contributed by atoms with van der Waals surface area (Å²) in [5.41, 5.74) is 2.70. The highest BCUT2D eigenvalue weighted by Crippen LogP contribution is 2.35. The Hall–Kier alpha value is -2.11. The lowest BCUT2D eigenvalue weighted by atomic mass is 10.1. The van der Waals surface area contributed by atoms with E-state index in [9.17, 15) is 10.2 Å². The normalized spacial score (nSPS) is 10.4. The van der Waals surface area contributed by atoms with Crippen molar-refractivity contribution in [2.24, 2.45) is 0 Å². The fourth-order valence-electron chi connectivity index (χ4n) is 1.89. The van der Waals surface area contributed by atoms with Crippen LogP contribution in [0, 0.1) is 6.92 Å². The largest absolute Gasteiger partial charge is 0.508 e. The van der Waals surface area contributed by atoms with Gasteiger partial charge in [-0.3, -0.25) is 0 Å². The lowest BCUT2D eigenvalue weighted by Crippen LogP contribution is -2.07. The molecule has 2 aromatic carbocycles. The summed E-state index contributed by atoms with van der Waals surface area (Å²) in [4.78, 5) is 0. The Balaban J connectivity index is 2.35. The number of halogens is 1. The van der Waals surface area contributed by atoms with Gasteiger partial charge in [0.15, 0.2) is 0 Å². The zero-order chi connectivity index (χ0) is 15.4. The smallest absolute Gasteiger partial charge is 0.120 e. The highest BCUT2D eigenvalue weighted by atomic mass is 35.5. The van der Waals surface area contributed by atoms with E-state index in [0.29, 0.717) is 34.2 Å². The third-order valence-corrected chi connectivity index (χ3v) is 3.30. The molecule has 0 saturated carbocycles. The molecule has 6 heteroatoms. The molecule has 0 heterocycles. The number of hydrogen-bond acceptors (Lipinski definition) is 5. The van der Waals surface area contributed by atoms with Crippen molar-refractivity contribution in [3.8, 4) is 11.5 Å². The number of phenols is 2. The Morgan fingerprint density at radius 2 is 1.81 bits per heavy atom. The predicted octanol–water partition coefficient (Wildman–Crippen LogP) is 3.21. The van der Waals surface area contributed by atoms with E-state index in [0.717, 1.165) is 0 Å². The second-order valence-corrected chi connectivity index (χ2v) is 5.03. The molecule has 0 atom stereocenters. The first-order chi connectivity index (χ1) is 10.0. The molecular formula is C15H17ClN2O3. The van der Waals surface area contributed by atoms with Crippen molar-refractivity contribution >= 4 is 28.7 Å². The molecule has 5 N–H and O–H groups in total. The van der Waals surface area contributed by atoms with Gasteiger partial charge < -0.3 is 26.0 Å². The first-order valence-electron chi connectivity index (χ1n) is 6.45. The molecule has 0 saturated heterocycles. The number of aryl methyl sites for hydroxylation is 1. The van der Waals surface area contributed by atoms with Gasteiger partial charge in [-0.05, 0) is 30.7 Å². The topological polar surface area (TPSA) is 84.8 Å². The molecule has 2 aromatic rings. The van der Waals surface area contributed by atoms with Gasteiger partial charge in [0.25, 0.3) is 0 Å². The van der Waals surface area contributed by atoms with Crippen LogP contribution in [0.2, 0.25) is 5.02 Å². The van der Waals surface area contributed by atoms with E-state index < -0.39 is 0 Å². The molecule has 0 bridgehead atoms. The summed E-state index contributed by atoms with van der Waals surface area (Å²) in [7, 11) is 0. The summed E-state index contributed by atoms with van der Waals surface area (Å²) in [6.07, 6.45) is 0. The molecule has 0 fully saturated rings. The summed E-state index contributed by atoms with van der Waals surface area (Å²) in [6.45, 7) is 2.13. The number of nitrogens with one attached hydrogen (secondary N) is 2. The molecular weight excluding hydrogens is 292 g/mol. The van der Waals surface area contributed by atoms with Gasteiger partial charge in [-0.15, -0.1) is 0 Å². The van der Waals surface area contributed by atoms with E-state index >= 15 is 0 Å². The molecule has 0 aliphatic rings. The van der Waals surface area contributed by atoms with Gasteiger partial charge in [0.1, 0.15) is 11.5 Å². The summed E-state index contributed by atoms with van der Waals surface area (Å²) in [5, 5.41) is 34.6. The molecule has 0 spiro atoms. The van der Waals surface area contributed by atoms with Crippen LogP contribution >= 0.6 is 11.6 Å². The highest BCUT2D eigenvalue weighted by Gasteiger charge is 2.09. The molecule has 2 rings (SSSR count). The van der Waals surface area contributed by atoms with E-state index in [-0.39, 0.29) is 18.1 Å². The lowest BCUT2D eigenvalue weighted by Gasteiger charge is -2.16. The number of phenolic OH excluding ortho intramolecular Hbond substituents is 2. The van der Waals surface area contributed by atoms with Crippen molar-refractivity contribution in [2.75, 3.05) is 23.8 Å². The first-order valence-corrected chi connectivity index (χ1v) is 6.83.